The fourth-order valence-corrected chi connectivity index (χ4v) is 8.29. The molecule has 3 saturated heterocycles. The summed E-state index contributed by atoms with van der Waals surface area (Å²) in [6.45, 7) is -9.59. The minimum absolute atomic E-state index is 0.0530. The van der Waals surface area contributed by atoms with Crippen LogP contribution in [-0.2, 0) is 36.7 Å². The number of rotatable bonds is 2. The number of hydrogen-bond donors (Lipinski definition) is 8. The van der Waals surface area contributed by atoms with Crippen molar-refractivity contribution >= 4 is 72.3 Å². The zero-order valence-corrected chi connectivity index (χ0v) is 25.7. The summed E-state index contributed by atoms with van der Waals surface area (Å²) in [6, 6.07) is 0. The Kier molecular flexibility index (Phi) is 7.42. The van der Waals surface area contributed by atoms with E-state index in [4.69, 9.17) is 39.0 Å². The van der Waals surface area contributed by atoms with Crippen molar-refractivity contribution in [2.24, 2.45) is 0 Å². The van der Waals surface area contributed by atoms with Crippen LogP contribution in [0.1, 0.15) is 12.5 Å². The molecule has 0 amide bonds. The number of imidazole rings is 2. The van der Waals surface area contributed by atoms with Crippen LogP contribution >= 0.6 is 38.1 Å². The molecule has 0 saturated carbocycles. The average molecular weight is 709 g/mol. The lowest BCUT2D eigenvalue weighted by Gasteiger charge is -2.25. The van der Waals surface area contributed by atoms with Crippen molar-refractivity contribution in [1.82, 2.24) is 39.0 Å². The Labute approximate surface area is 258 Å². The fraction of sp³-hybridized carbons (Fsp3) is 0.474. The third kappa shape index (κ3) is 5.39. The monoisotopic (exact) mass is 708 g/mol. The summed E-state index contributed by atoms with van der Waals surface area (Å²) in [4.78, 5) is 45.0. The van der Waals surface area contributed by atoms with Gasteiger partial charge in [-0.3, -0.25) is 46.8 Å². The van der Waals surface area contributed by atoms with Gasteiger partial charge < -0.3 is 31.2 Å². The summed E-state index contributed by atoms with van der Waals surface area (Å²) in [5.74, 6) is -0.495. The van der Waals surface area contributed by atoms with Gasteiger partial charge in [0.1, 0.15) is 30.5 Å². The molecule has 3 fully saturated rings. The molecule has 45 heavy (non-hydrogen) atoms. The first-order chi connectivity index (χ1) is 21.2. The highest BCUT2D eigenvalue weighted by Crippen LogP contribution is 2.62. The highest BCUT2D eigenvalue weighted by atomic mass is 32.7. The maximum Gasteiger partial charge on any atom is 0.388 e. The van der Waals surface area contributed by atoms with Crippen molar-refractivity contribution in [3.05, 3.63) is 33.4 Å². The van der Waals surface area contributed by atoms with Crippen LogP contribution in [0.4, 0.5) is 11.9 Å². The predicted molar refractivity (Wildman–Crippen MR) is 155 cm³/mol. The lowest BCUT2D eigenvalue weighted by atomic mass is 10.1. The summed E-state index contributed by atoms with van der Waals surface area (Å²) in [6.07, 6.45) is -10.3. The second kappa shape index (κ2) is 10.9. The molecule has 7 heterocycles. The number of H-pyrrole nitrogens is 2. The minimum atomic E-state index is -4.57. The molecule has 3 aliphatic rings. The van der Waals surface area contributed by atoms with E-state index in [1.807, 2.05) is 0 Å². The molecule has 7 rings (SSSR count). The first-order valence-corrected chi connectivity index (χ1v) is 18.1. The van der Waals surface area contributed by atoms with Gasteiger partial charge in [0.15, 0.2) is 41.1 Å². The van der Waals surface area contributed by atoms with Crippen molar-refractivity contribution in [3.8, 4) is 0 Å². The molecule has 10 atom stereocenters. The molecule has 0 aromatic carbocycles. The standard InChI is InChI=1S/C19H22N10O12P2S2/c20-18-24-11-5(13(32)26-18)22-2-28(11)15-7(30)9-4(37-15)1-36-42(34,44)40-10-8(31)16(38-17(10)41-43(35,45)39-9)29-3-23-6-12(29)25-19(21)27-14(6)33/h2-4,7-10,15-17,30-31H,1H2,(H,34,44)(H,35,45)(H3,20,24,26,32)(H3,21,25,27,33)/t4-,7+,8+,9?,10?,15-,16-,17-,42-,43-/m1/s1. The van der Waals surface area contributed by atoms with Crippen molar-refractivity contribution in [2.75, 3.05) is 18.1 Å². The summed E-state index contributed by atoms with van der Waals surface area (Å²) < 4.78 is 62.9. The molecule has 242 valence electrons. The van der Waals surface area contributed by atoms with E-state index in [1.54, 1.807) is 0 Å². The number of ether oxygens (including phenoxy) is 2. The number of aliphatic hydroxyl groups is 2. The molecule has 0 aliphatic carbocycles. The van der Waals surface area contributed by atoms with Crippen LogP contribution in [0.25, 0.3) is 22.3 Å². The Morgan fingerprint density at radius 2 is 1.33 bits per heavy atom. The summed E-state index contributed by atoms with van der Waals surface area (Å²) in [5.41, 5.74) is 9.58. The van der Waals surface area contributed by atoms with Gasteiger partial charge in [-0.25, -0.2) is 19.1 Å². The van der Waals surface area contributed by atoms with Gasteiger partial charge in [-0.2, -0.15) is 9.97 Å². The van der Waals surface area contributed by atoms with Gasteiger partial charge in [0.05, 0.1) is 19.3 Å². The SMILES string of the molecule is Nc1nc2c(ncn2[C@@H]2O[C@@H]3O[P@](=O)(S)OC4[C@@H](CO[P@@](=O)(S)OC3[C@@H]2O)O[C@@H](n2cnc3c(=O)[nH]c(N)nc32)[C@H]4O)c(=O)[nH]1. The highest BCUT2D eigenvalue weighted by molar-refractivity contribution is 8.44. The number of nitrogens with two attached hydrogens (primary N) is 2. The molecule has 22 nitrogen and oxygen atoms in total. The Hall–Kier alpha value is -2.86. The molecule has 4 aromatic rings. The lowest BCUT2D eigenvalue weighted by Crippen LogP contribution is -2.36. The molecule has 26 heteroatoms. The van der Waals surface area contributed by atoms with Crippen molar-refractivity contribution in [2.45, 2.75) is 49.3 Å². The number of aromatic nitrogens is 8. The Balaban J connectivity index is 1.21. The second-order valence-corrected chi connectivity index (χ2v) is 15.7. The maximum atomic E-state index is 13.6. The van der Waals surface area contributed by atoms with E-state index < -0.39 is 80.6 Å². The zero-order chi connectivity index (χ0) is 32.0. The summed E-state index contributed by atoms with van der Waals surface area (Å²) >= 11 is 8.01. The van der Waals surface area contributed by atoms with Crippen LogP contribution in [0.2, 0.25) is 0 Å². The molecule has 4 aromatic heterocycles. The van der Waals surface area contributed by atoms with E-state index in [0.29, 0.717) is 0 Å². The van der Waals surface area contributed by atoms with E-state index in [2.05, 4.69) is 54.4 Å². The van der Waals surface area contributed by atoms with Crippen molar-refractivity contribution in [3.63, 3.8) is 0 Å². The summed E-state index contributed by atoms with van der Waals surface area (Å²) in [5, 5.41) is 22.4. The Bertz CT molecular complexity index is 2040. The predicted octanol–water partition coefficient (Wildman–Crippen LogP) is -1.22. The maximum absolute atomic E-state index is 13.6. The third-order valence-corrected chi connectivity index (χ3v) is 10.2. The molecule has 3 aliphatic heterocycles. The van der Waals surface area contributed by atoms with E-state index in [9.17, 15) is 28.9 Å². The molecule has 0 bridgehead atoms. The number of nitrogen functional groups attached to an aromatic ring is 2. The number of nitrogens with zero attached hydrogens (tertiary/aromatic N) is 6. The topological polar surface area (TPSA) is 309 Å². The van der Waals surface area contributed by atoms with E-state index in [1.165, 1.54) is 4.57 Å². The van der Waals surface area contributed by atoms with E-state index >= 15 is 0 Å². The lowest BCUT2D eigenvalue weighted by molar-refractivity contribution is -0.126. The van der Waals surface area contributed by atoms with Gasteiger partial charge in [0.25, 0.3) is 11.1 Å². The number of anilines is 2. The van der Waals surface area contributed by atoms with Gasteiger partial charge in [-0.05, 0) is 0 Å². The number of aromatic amines is 2. The van der Waals surface area contributed by atoms with E-state index in [0.717, 1.165) is 17.2 Å². The number of hydrogen-bond acceptors (Lipinski definition) is 18. The van der Waals surface area contributed by atoms with Gasteiger partial charge in [0, 0.05) is 0 Å². The van der Waals surface area contributed by atoms with Crippen LogP contribution in [0.15, 0.2) is 22.2 Å². The van der Waals surface area contributed by atoms with Gasteiger partial charge in [-0.15, -0.1) is 0 Å². The molecular formula is C19H22N10O12P2S2. The van der Waals surface area contributed by atoms with Crippen LogP contribution in [0, 0.1) is 0 Å². The third-order valence-electron chi connectivity index (χ3n) is 7.08. The first kappa shape index (κ1) is 30.8. The van der Waals surface area contributed by atoms with Crippen LogP contribution in [0.5, 0.6) is 0 Å². The van der Waals surface area contributed by atoms with Crippen LogP contribution < -0.4 is 22.6 Å². The smallest absolute Gasteiger partial charge is 0.386 e. The largest absolute Gasteiger partial charge is 0.388 e. The summed E-state index contributed by atoms with van der Waals surface area (Å²) in [7, 11) is 0. The Morgan fingerprint density at radius 1 is 0.822 bits per heavy atom. The fourth-order valence-electron chi connectivity index (χ4n) is 5.18. The van der Waals surface area contributed by atoms with Gasteiger partial charge >= 0.3 is 13.6 Å². The molecule has 0 spiro atoms. The zero-order valence-electron chi connectivity index (χ0n) is 22.1. The molecule has 8 N–H and O–H groups in total. The number of nitrogens with one attached hydrogen (secondary N) is 2. The van der Waals surface area contributed by atoms with Gasteiger partial charge in [-0.1, -0.05) is 24.5 Å². The first-order valence-electron chi connectivity index (χ1n) is 12.7. The molecule has 2 unspecified atom stereocenters. The molecular weight excluding hydrogens is 686 g/mol. The van der Waals surface area contributed by atoms with Crippen LogP contribution in [0.3, 0.4) is 0 Å². The average Bonchev–Trinajstić information content (AvgIpc) is 3.69. The number of aliphatic hydroxyl groups excluding tert-OH is 2. The van der Waals surface area contributed by atoms with Crippen LogP contribution in [-0.4, -0.2) is 92.7 Å². The van der Waals surface area contributed by atoms with Crippen molar-refractivity contribution < 1.29 is 46.9 Å². The van der Waals surface area contributed by atoms with Gasteiger partial charge in [0.2, 0.25) is 11.9 Å². The number of fused-ring (bicyclic) bond motifs is 4. The Morgan fingerprint density at radius 3 is 1.91 bits per heavy atom. The molecule has 0 radical (unpaired) electrons. The second-order valence-electron chi connectivity index (χ2n) is 9.97. The number of thiol groups is 2. The van der Waals surface area contributed by atoms with Crippen molar-refractivity contribution in [1.29, 1.82) is 0 Å². The normalized spacial score (nSPS) is 37.4. The quantitative estimate of drug-likeness (QED) is 0.0894. The highest BCUT2D eigenvalue weighted by Gasteiger charge is 2.55. The van der Waals surface area contributed by atoms with E-state index in [-0.39, 0.29) is 34.2 Å². The minimum Gasteiger partial charge on any atom is -0.386 e.